The number of carboxylic acids is 1. The van der Waals surface area contributed by atoms with Crippen molar-refractivity contribution in [3.8, 4) is 0 Å². The van der Waals surface area contributed by atoms with Gasteiger partial charge in [-0.1, -0.05) is 13.3 Å². The van der Waals surface area contributed by atoms with Crippen LogP contribution in [0.25, 0.3) is 0 Å². The number of carboxylic acid groups (broad SMARTS) is 1. The minimum absolute atomic E-state index is 0.0243. The van der Waals surface area contributed by atoms with Gasteiger partial charge in [0.2, 0.25) is 0 Å². The van der Waals surface area contributed by atoms with Gasteiger partial charge in [-0.2, -0.15) is 0 Å². The van der Waals surface area contributed by atoms with Crippen LogP contribution in [0.2, 0.25) is 0 Å². The van der Waals surface area contributed by atoms with Gasteiger partial charge in [-0.3, -0.25) is 4.98 Å². The molecule has 0 bridgehead atoms. The van der Waals surface area contributed by atoms with Gasteiger partial charge in [-0.15, -0.1) is 0 Å². The molecular weight excluding hydrogens is 206 g/mol. The fourth-order valence-corrected chi connectivity index (χ4v) is 1.82. The Morgan fingerprint density at radius 2 is 2.31 bits per heavy atom. The Kier molecular flexibility index (Phi) is 2.77. The van der Waals surface area contributed by atoms with E-state index in [1.54, 1.807) is 6.20 Å². The van der Waals surface area contributed by atoms with Gasteiger partial charge in [0.05, 0.1) is 12.4 Å². The van der Waals surface area contributed by atoms with Crippen LogP contribution < -0.4 is 5.32 Å². The third-order valence-corrected chi connectivity index (χ3v) is 3.11. The normalized spacial score (nSPS) is 17.6. The van der Waals surface area contributed by atoms with E-state index in [2.05, 4.69) is 22.2 Å². The van der Waals surface area contributed by atoms with Gasteiger partial charge in [-0.05, 0) is 18.3 Å². The van der Waals surface area contributed by atoms with Crippen LogP contribution in [0.1, 0.15) is 36.7 Å². The third kappa shape index (κ3) is 2.29. The summed E-state index contributed by atoms with van der Waals surface area (Å²) in [5.74, 6) is -0.515. The van der Waals surface area contributed by atoms with Crippen LogP contribution in [0, 0.1) is 5.41 Å². The zero-order valence-electron chi connectivity index (χ0n) is 9.23. The number of aromatic carboxylic acids is 1. The lowest BCUT2D eigenvalue weighted by Crippen LogP contribution is -2.33. The van der Waals surface area contributed by atoms with Gasteiger partial charge in [0.15, 0.2) is 5.69 Å². The molecule has 0 atom stereocenters. The summed E-state index contributed by atoms with van der Waals surface area (Å²) in [6.45, 7) is 3.04. The van der Waals surface area contributed by atoms with Gasteiger partial charge in [0, 0.05) is 6.54 Å². The first-order valence-electron chi connectivity index (χ1n) is 5.38. The molecule has 5 heteroatoms. The van der Waals surface area contributed by atoms with Crippen LogP contribution in [-0.2, 0) is 0 Å². The molecular formula is C11H15N3O2. The van der Waals surface area contributed by atoms with E-state index in [1.165, 1.54) is 25.5 Å². The van der Waals surface area contributed by atoms with Crippen molar-refractivity contribution >= 4 is 11.8 Å². The number of rotatable bonds is 4. The number of hydrogen-bond donors (Lipinski definition) is 2. The predicted molar refractivity (Wildman–Crippen MR) is 59.4 cm³/mol. The number of carbonyl (C=O) groups is 1. The number of anilines is 1. The molecule has 2 rings (SSSR count). The van der Waals surface area contributed by atoms with Crippen molar-refractivity contribution in [2.24, 2.45) is 5.41 Å². The van der Waals surface area contributed by atoms with Crippen molar-refractivity contribution in [3.63, 3.8) is 0 Å². The predicted octanol–water partition coefficient (Wildman–Crippen LogP) is 1.78. The van der Waals surface area contributed by atoms with E-state index in [1.807, 2.05) is 0 Å². The Hall–Kier alpha value is -1.65. The molecule has 5 nitrogen and oxygen atoms in total. The van der Waals surface area contributed by atoms with Crippen LogP contribution in [-0.4, -0.2) is 27.6 Å². The molecule has 0 radical (unpaired) electrons. The van der Waals surface area contributed by atoms with Gasteiger partial charge < -0.3 is 10.4 Å². The topological polar surface area (TPSA) is 75.1 Å². The number of nitrogens with zero attached hydrogens (tertiary/aromatic N) is 2. The van der Waals surface area contributed by atoms with Gasteiger partial charge in [0.25, 0.3) is 0 Å². The number of aromatic nitrogens is 2. The van der Waals surface area contributed by atoms with Crippen molar-refractivity contribution in [1.29, 1.82) is 0 Å². The van der Waals surface area contributed by atoms with E-state index in [9.17, 15) is 4.79 Å². The zero-order chi connectivity index (χ0) is 11.6. The molecule has 86 valence electrons. The minimum atomic E-state index is -1.05. The molecule has 0 amide bonds. The molecule has 1 aromatic rings. The van der Waals surface area contributed by atoms with E-state index in [4.69, 9.17) is 5.11 Å². The molecule has 1 aromatic heterocycles. The zero-order valence-corrected chi connectivity index (χ0v) is 9.23. The van der Waals surface area contributed by atoms with Gasteiger partial charge in [-0.25, -0.2) is 9.78 Å². The van der Waals surface area contributed by atoms with E-state index < -0.39 is 5.97 Å². The Balaban J connectivity index is 1.98. The summed E-state index contributed by atoms with van der Waals surface area (Å²) in [5, 5.41) is 11.9. The van der Waals surface area contributed by atoms with Gasteiger partial charge >= 0.3 is 5.97 Å². The molecule has 1 aliphatic rings. The Labute approximate surface area is 93.9 Å². The summed E-state index contributed by atoms with van der Waals surface area (Å²) < 4.78 is 0. The standard InChI is InChI=1S/C11H15N3O2/c1-11(3-2-4-11)7-13-9-6-12-5-8(14-9)10(15)16/h5-6H,2-4,7H2,1H3,(H,13,14)(H,15,16). The molecule has 1 fully saturated rings. The van der Waals surface area contributed by atoms with E-state index in [-0.39, 0.29) is 5.69 Å². The average Bonchev–Trinajstić information content (AvgIpc) is 2.24. The lowest BCUT2D eigenvalue weighted by atomic mass is 9.70. The highest BCUT2D eigenvalue weighted by molar-refractivity contribution is 5.85. The van der Waals surface area contributed by atoms with Crippen molar-refractivity contribution in [2.45, 2.75) is 26.2 Å². The van der Waals surface area contributed by atoms with Crippen LogP contribution in [0.5, 0.6) is 0 Å². The molecule has 1 saturated carbocycles. The fourth-order valence-electron chi connectivity index (χ4n) is 1.82. The Morgan fingerprint density at radius 3 is 2.88 bits per heavy atom. The monoisotopic (exact) mass is 221 g/mol. The maximum Gasteiger partial charge on any atom is 0.356 e. The number of hydrogen-bond acceptors (Lipinski definition) is 4. The molecule has 1 heterocycles. The molecule has 2 N–H and O–H groups in total. The van der Waals surface area contributed by atoms with Crippen LogP contribution >= 0.6 is 0 Å². The van der Waals surface area contributed by atoms with E-state index >= 15 is 0 Å². The largest absolute Gasteiger partial charge is 0.476 e. The van der Waals surface area contributed by atoms with Crippen LogP contribution in [0.3, 0.4) is 0 Å². The van der Waals surface area contributed by atoms with Crippen LogP contribution in [0.4, 0.5) is 5.82 Å². The second-order valence-corrected chi connectivity index (χ2v) is 4.61. The summed E-state index contributed by atoms with van der Waals surface area (Å²) in [5.41, 5.74) is 0.310. The molecule has 0 unspecified atom stereocenters. The Bertz CT molecular complexity index is 402. The first kappa shape index (κ1) is 10.9. The second-order valence-electron chi connectivity index (χ2n) is 4.61. The summed E-state index contributed by atoms with van der Waals surface area (Å²) in [6.07, 6.45) is 6.50. The van der Waals surface area contributed by atoms with Crippen molar-refractivity contribution < 1.29 is 9.90 Å². The molecule has 0 spiro atoms. The van der Waals surface area contributed by atoms with Crippen LogP contribution in [0.15, 0.2) is 12.4 Å². The minimum Gasteiger partial charge on any atom is -0.476 e. The lowest BCUT2D eigenvalue weighted by Gasteiger charge is -2.38. The highest BCUT2D eigenvalue weighted by Gasteiger charge is 2.31. The van der Waals surface area contributed by atoms with Crippen molar-refractivity contribution in [1.82, 2.24) is 9.97 Å². The van der Waals surface area contributed by atoms with E-state index in [0.717, 1.165) is 6.54 Å². The quantitative estimate of drug-likeness (QED) is 0.810. The first-order valence-corrected chi connectivity index (χ1v) is 5.38. The van der Waals surface area contributed by atoms with Crippen molar-refractivity contribution in [3.05, 3.63) is 18.1 Å². The smallest absolute Gasteiger partial charge is 0.356 e. The summed E-state index contributed by atoms with van der Waals surface area (Å²) in [6, 6.07) is 0. The SMILES string of the molecule is CC1(CNc2cncc(C(=O)O)n2)CCC1. The summed E-state index contributed by atoms with van der Waals surface area (Å²) in [4.78, 5) is 18.5. The second kappa shape index (κ2) is 4.08. The molecule has 0 aromatic carbocycles. The third-order valence-electron chi connectivity index (χ3n) is 3.11. The lowest BCUT2D eigenvalue weighted by molar-refractivity contribution is 0.0690. The summed E-state index contributed by atoms with van der Waals surface area (Å²) in [7, 11) is 0. The van der Waals surface area contributed by atoms with Crippen molar-refractivity contribution in [2.75, 3.05) is 11.9 Å². The highest BCUT2D eigenvalue weighted by Crippen LogP contribution is 2.39. The molecule has 16 heavy (non-hydrogen) atoms. The fraction of sp³-hybridized carbons (Fsp3) is 0.545. The number of nitrogens with one attached hydrogen (secondary N) is 1. The highest BCUT2D eigenvalue weighted by atomic mass is 16.4. The van der Waals surface area contributed by atoms with Gasteiger partial charge in [0.1, 0.15) is 5.82 Å². The molecule has 1 aliphatic carbocycles. The maximum absolute atomic E-state index is 10.7. The summed E-state index contributed by atoms with van der Waals surface area (Å²) >= 11 is 0. The Morgan fingerprint density at radius 1 is 1.56 bits per heavy atom. The first-order chi connectivity index (χ1) is 7.59. The average molecular weight is 221 g/mol. The maximum atomic E-state index is 10.7. The molecule has 0 aliphatic heterocycles. The molecule has 0 saturated heterocycles. The van der Waals surface area contributed by atoms with E-state index in [0.29, 0.717) is 11.2 Å².